The number of carbonyl (C=O) groups excluding carboxylic acids is 1. The van der Waals surface area contributed by atoms with E-state index in [-0.39, 0.29) is 12.5 Å². The maximum Gasteiger partial charge on any atom is 0.243 e. The highest BCUT2D eigenvalue weighted by molar-refractivity contribution is 7.19. The number of nitrogens with zero attached hydrogens (tertiary/aromatic N) is 3. The number of amides is 1. The molecule has 2 aromatic heterocycles. The minimum atomic E-state index is -0.0376. The highest BCUT2D eigenvalue weighted by Crippen LogP contribution is 2.40. The van der Waals surface area contributed by atoms with E-state index in [1.165, 1.54) is 16.9 Å². The van der Waals surface area contributed by atoms with E-state index < -0.39 is 0 Å². The SMILES string of the molecule is Cc1cccc(C)c1NC(=O)CN(C)c1ncnc2sc3c(c12)CCC(C)C3. The molecule has 28 heavy (non-hydrogen) atoms. The highest BCUT2D eigenvalue weighted by atomic mass is 32.1. The van der Waals surface area contributed by atoms with Crippen molar-refractivity contribution in [3.05, 3.63) is 46.1 Å². The Morgan fingerprint density at radius 2 is 2.04 bits per heavy atom. The lowest BCUT2D eigenvalue weighted by molar-refractivity contribution is -0.114. The molecule has 1 atom stereocenters. The van der Waals surface area contributed by atoms with Crippen LogP contribution in [0.5, 0.6) is 0 Å². The number of nitrogens with one attached hydrogen (secondary N) is 1. The standard InChI is InChI=1S/C22H26N4OS/c1-13-8-9-16-17(10-13)28-22-19(16)21(23-12-24-22)26(4)11-18(27)25-20-14(2)6-5-7-15(20)3/h5-7,12-13H,8-11H2,1-4H3,(H,25,27). The molecule has 0 aliphatic heterocycles. The van der Waals surface area contributed by atoms with Crippen LogP contribution in [-0.4, -0.2) is 29.5 Å². The molecule has 6 heteroatoms. The first-order valence-electron chi connectivity index (χ1n) is 9.76. The second-order valence-electron chi connectivity index (χ2n) is 7.90. The van der Waals surface area contributed by atoms with Crippen molar-refractivity contribution in [1.29, 1.82) is 0 Å². The quantitative estimate of drug-likeness (QED) is 0.707. The Balaban J connectivity index is 1.59. The molecule has 0 fully saturated rings. The molecule has 1 aromatic carbocycles. The first kappa shape index (κ1) is 18.9. The van der Waals surface area contributed by atoms with E-state index in [4.69, 9.17) is 0 Å². The maximum atomic E-state index is 12.7. The first-order valence-corrected chi connectivity index (χ1v) is 10.6. The minimum Gasteiger partial charge on any atom is -0.350 e. The number of likely N-dealkylation sites (N-methyl/N-ethyl adjacent to an activating group) is 1. The molecule has 5 nitrogen and oxygen atoms in total. The summed E-state index contributed by atoms with van der Waals surface area (Å²) in [5.41, 5.74) is 4.43. The number of rotatable bonds is 4. The van der Waals surface area contributed by atoms with Crippen LogP contribution < -0.4 is 10.2 Å². The van der Waals surface area contributed by atoms with Crippen LogP contribution >= 0.6 is 11.3 Å². The van der Waals surface area contributed by atoms with Gasteiger partial charge >= 0.3 is 0 Å². The van der Waals surface area contributed by atoms with Crippen molar-refractivity contribution in [2.75, 3.05) is 23.8 Å². The van der Waals surface area contributed by atoms with E-state index in [1.54, 1.807) is 17.7 Å². The lowest BCUT2D eigenvalue weighted by atomic mass is 9.89. The Bertz CT molecular complexity index is 1020. The number of anilines is 2. The topological polar surface area (TPSA) is 58.1 Å². The third-order valence-corrected chi connectivity index (χ3v) is 6.72. The van der Waals surface area contributed by atoms with Crippen molar-refractivity contribution in [2.24, 2.45) is 5.92 Å². The van der Waals surface area contributed by atoms with E-state index >= 15 is 0 Å². The Hall–Kier alpha value is -2.47. The summed E-state index contributed by atoms with van der Waals surface area (Å²) < 4.78 is 0. The summed E-state index contributed by atoms with van der Waals surface area (Å²) in [5.74, 6) is 1.54. The molecule has 0 bridgehead atoms. The normalized spacial score (nSPS) is 16.1. The van der Waals surface area contributed by atoms with Gasteiger partial charge < -0.3 is 10.2 Å². The van der Waals surface area contributed by atoms with Crippen LogP contribution in [0.3, 0.4) is 0 Å². The van der Waals surface area contributed by atoms with Crippen LogP contribution in [0.15, 0.2) is 24.5 Å². The van der Waals surface area contributed by atoms with Crippen molar-refractivity contribution < 1.29 is 4.79 Å². The second kappa shape index (κ2) is 7.51. The molecule has 0 spiro atoms. The third-order valence-electron chi connectivity index (χ3n) is 5.56. The van der Waals surface area contributed by atoms with Gasteiger partial charge in [-0.25, -0.2) is 9.97 Å². The fourth-order valence-corrected chi connectivity index (χ4v) is 5.37. The maximum absolute atomic E-state index is 12.7. The van der Waals surface area contributed by atoms with Gasteiger partial charge in [-0.3, -0.25) is 4.79 Å². The molecule has 1 aliphatic carbocycles. The fraction of sp³-hybridized carbons (Fsp3) is 0.409. The van der Waals surface area contributed by atoms with Gasteiger partial charge in [-0.15, -0.1) is 11.3 Å². The number of para-hydroxylation sites is 1. The minimum absolute atomic E-state index is 0.0376. The van der Waals surface area contributed by atoms with Gasteiger partial charge in [0, 0.05) is 17.6 Å². The lowest BCUT2D eigenvalue weighted by Crippen LogP contribution is -2.31. The van der Waals surface area contributed by atoms with Gasteiger partial charge in [-0.1, -0.05) is 25.1 Å². The largest absolute Gasteiger partial charge is 0.350 e. The van der Waals surface area contributed by atoms with Gasteiger partial charge in [-0.2, -0.15) is 0 Å². The summed E-state index contributed by atoms with van der Waals surface area (Å²) in [5, 5.41) is 4.20. The van der Waals surface area contributed by atoms with Crippen LogP contribution in [0.4, 0.5) is 11.5 Å². The van der Waals surface area contributed by atoms with Crippen molar-refractivity contribution >= 4 is 39.0 Å². The summed E-state index contributed by atoms with van der Waals surface area (Å²) >= 11 is 1.78. The zero-order valence-electron chi connectivity index (χ0n) is 16.9. The number of aryl methyl sites for hydroxylation is 3. The average molecular weight is 395 g/mol. The van der Waals surface area contributed by atoms with Crippen LogP contribution in [0.2, 0.25) is 0 Å². The Morgan fingerprint density at radius 3 is 2.79 bits per heavy atom. The van der Waals surface area contributed by atoms with E-state index in [2.05, 4.69) is 22.2 Å². The van der Waals surface area contributed by atoms with Crippen molar-refractivity contribution in [1.82, 2.24) is 9.97 Å². The summed E-state index contributed by atoms with van der Waals surface area (Å²) in [6.07, 6.45) is 5.00. The Kier molecular flexibility index (Phi) is 5.06. The van der Waals surface area contributed by atoms with Crippen LogP contribution in [-0.2, 0) is 17.6 Å². The van der Waals surface area contributed by atoms with Gasteiger partial charge in [0.25, 0.3) is 0 Å². The zero-order valence-corrected chi connectivity index (χ0v) is 17.7. The van der Waals surface area contributed by atoms with Gasteiger partial charge in [0.15, 0.2) is 0 Å². The molecule has 1 unspecified atom stereocenters. The van der Waals surface area contributed by atoms with E-state index in [1.807, 2.05) is 44.0 Å². The first-order chi connectivity index (χ1) is 13.4. The number of aromatic nitrogens is 2. The number of thiophene rings is 1. The van der Waals surface area contributed by atoms with E-state index in [0.717, 1.165) is 51.6 Å². The molecule has 0 saturated carbocycles. The smallest absolute Gasteiger partial charge is 0.243 e. The van der Waals surface area contributed by atoms with Gasteiger partial charge in [0.2, 0.25) is 5.91 Å². The Labute approximate surface area is 169 Å². The molecule has 146 valence electrons. The summed E-state index contributed by atoms with van der Waals surface area (Å²) in [6.45, 7) is 6.59. The molecule has 1 N–H and O–H groups in total. The van der Waals surface area contributed by atoms with E-state index in [0.29, 0.717) is 0 Å². The van der Waals surface area contributed by atoms with Crippen molar-refractivity contribution in [3.8, 4) is 0 Å². The molecule has 4 rings (SSSR count). The molecule has 0 radical (unpaired) electrons. The molecule has 2 heterocycles. The predicted octanol–water partition coefficient (Wildman–Crippen LogP) is 4.51. The van der Waals surface area contributed by atoms with Crippen molar-refractivity contribution in [3.63, 3.8) is 0 Å². The van der Waals surface area contributed by atoms with Gasteiger partial charge in [0.05, 0.1) is 11.9 Å². The average Bonchev–Trinajstić information content (AvgIpc) is 3.02. The Morgan fingerprint density at radius 1 is 1.29 bits per heavy atom. The molecule has 1 amide bonds. The summed E-state index contributed by atoms with van der Waals surface area (Å²) in [6, 6.07) is 6.03. The number of carbonyl (C=O) groups is 1. The van der Waals surface area contributed by atoms with E-state index in [9.17, 15) is 4.79 Å². The van der Waals surface area contributed by atoms with Crippen LogP contribution in [0, 0.1) is 19.8 Å². The third kappa shape index (κ3) is 3.49. The number of hydrogen-bond donors (Lipinski definition) is 1. The van der Waals surface area contributed by atoms with Crippen molar-refractivity contribution in [2.45, 2.75) is 40.0 Å². The monoisotopic (exact) mass is 394 g/mol. The molecule has 0 saturated heterocycles. The fourth-order valence-electron chi connectivity index (χ4n) is 4.03. The molecule has 3 aromatic rings. The summed E-state index contributed by atoms with van der Waals surface area (Å²) in [7, 11) is 1.93. The predicted molar refractivity (Wildman–Crippen MR) is 116 cm³/mol. The second-order valence-corrected chi connectivity index (χ2v) is 8.98. The number of hydrogen-bond acceptors (Lipinski definition) is 5. The molecular weight excluding hydrogens is 368 g/mol. The van der Waals surface area contributed by atoms with Gasteiger partial charge in [0.1, 0.15) is 17.0 Å². The number of fused-ring (bicyclic) bond motifs is 3. The zero-order chi connectivity index (χ0) is 19.8. The summed E-state index contributed by atoms with van der Waals surface area (Å²) in [4.78, 5) is 26.2. The van der Waals surface area contributed by atoms with Gasteiger partial charge in [-0.05, 0) is 55.7 Å². The molecule has 1 aliphatic rings. The molecular formula is C22H26N4OS. The van der Waals surface area contributed by atoms with Crippen LogP contribution in [0.1, 0.15) is 34.9 Å². The highest BCUT2D eigenvalue weighted by Gasteiger charge is 2.24. The van der Waals surface area contributed by atoms with Crippen LogP contribution in [0.25, 0.3) is 10.2 Å². The number of benzene rings is 1. The lowest BCUT2D eigenvalue weighted by Gasteiger charge is -2.21.